The molecule has 17 heavy (non-hydrogen) atoms. The lowest BCUT2D eigenvalue weighted by atomic mass is 9.69. The van der Waals surface area contributed by atoms with Gasteiger partial charge in [-0.15, -0.1) is 0 Å². The first-order valence-corrected chi connectivity index (χ1v) is 6.21. The van der Waals surface area contributed by atoms with Crippen molar-refractivity contribution < 1.29 is 9.50 Å². The molecular formula is C13H17ClFNO. The van der Waals surface area contributed by atoms with E-state index < -0.39 is 0 Å². The van der Waals surface area contributed by atoms with Gasteiger partial charge in [-0.25, -0.2) is 4.39 Å². The molecule has 1 aromatic rings. The fourth-order valence-electron chi connectivity index (χ4n) is 2.41. The Kier molecular flexibility index (Phi) is 3.59. The van der Waals surface area contributed by atoms with Crippen LogP contribution in [0.25, 0.3) is 0 Å². The monoisotopic (exact) mass is 257 g/mol. The molecule has 0 saturated heterocycles. The molecular weight excluding hydrogens is 241 g/mol. The minimum atomic E-state index is -0.274. The number of hydrogen-bond acceptors (Lipinski definition) is 2. The second-order valence-corrected chi connectivity index (χ2v) is 5.40. The Balaban J connectivity index is 2.13. The van der Waals surface area contributed by atoms with Crippen molar-refractivity contribution >= 4 is 17.3 Å². The molecule has 0 spiro atoms. The Labute approximate surface area is 106 Å². The maximum atomic E-state index is 13.7. The lowest BCUT2D eigenvalue weighted by Crippen LogP contribution is -2.43. The second-order valence-electron chi connectivity index (χ2n) is 4.96. The van der Waals surface area contributed by atoms with Crippen molar-refractivity contribution in [3.05, 3.63) is 29.0 Å². The van der Waals surface area contributed by atoms with Gasteiger partial charge < -0.3 is 10.0 Å². The average molecular weight is 258 g/mol. The van der Waals surface area contributed by atoms with Gasteiger partial charge >= 0.3 is 0 Å². The number of nitrogens with zero attached hydrogens (tertiary/aromatic N) is 1. The van der Waals surface area contributed by atoms with Crippen LogP contribution in [-0.2, 0) is 0 Å². The van der Waals surface area contributed by atoms with E-state index in [2.05, 4.69) is 0 Å². The molecule has 0 radical (unpaired) electrons. The first kappa shape index (κ1) is 12.7. The Bertz CT molecular complexity index is 401. The molecule has 0 aromatic heterocycles. The van der Waals surface area contributed by atoms with Crippen LogP contribution in [0, 0.1) is 11.2 Å². The number of aliphatic hydroxyl groups excluding tert-OH is 1. The van der Waals surface area contributed by atoms with Crippen molar-refractivity contribution in [2.45, 2.75) is 19.3 Å². The highest BCUT2D eigenvalue weighted by atomic mass is 35.5. The number of anilines is 1. The van der Waals surface area contributed by atoms with Gasteiger partial charge in [0, 0.05) is 24.0 Å². The van der Waals surface area contributed by atoms with Crippen LogP contribution < -0.4 is 4.90 Å². The predicted molar refractivity (Wildman–Crippen MR) is 68.0 cm³/mol. The van der Waals surface area contributed by atoms with E-state index >= 15 is 0 Å². The molecule has 2 nitrogen and oxygen atoms in total. The topological polar surface area (TPSA) is 23.5 Å². The van der Waals surface area contributed by atoms with E-state index in [1.165, 1.54) is 6.07 Å². The van der Waals surface area contributed by atoms with E-state index in [1.807, 2.05) is 11.9 Å². The van der Waals surface area contributed by atoms with Crippen LogP contribution in [-0.4, -0.2) is 25.3 Å². The van der Waals surface area contributed by atoms with Gasteiger partial charge in [-0.2, -0.15) is 0 Å². The molecule has 0 unspecified atom stereocenters. The summed E-state index contributed by atoms with van der Waals surface area (Å²) in [6.45, 7) is 0.834. The Morgan fingerprint density at radius 2 is 2.18 bits per heavy atom. The molecule has 1 fully saturated rings. The van der Waals surface area contributed by atoms with Crippen molar-refractivity contribution in [1.82, 2.24) is 0 Å². The van der Waals surface area contributed by atoms with Crippen LogP contribution in [0.3, 0.4) is 0 Å². The van der Waals surface area contributed by atoms with Crippen LogP contribution in [0.15, 0.2) is 18.2 Å². The van der Waals surface area contributed by atoms with Gasteiger partial charge in [0.15, 0.2) is 0 Å². The fraction of sp³-hybridized carbons (Fsp3) is 0.538. The summed E-state index contributed by atoms with van der Waals surface area (Å²) in [6.07, 6.45) is 3.17. The summed E-state index contributed by atoms with van der Waals surface area (Å²) in [5.41, 5.74) is 0.445. The Hall–Kier alpha value is -0.800. The molecule has 0 amide bonds. The zero-order valence-corrected chi connectivity index (χ0v) is 10.7. The molecule has 2 rings (SSSR count). The number of benzene rings is 1. The SMILES string of the molecule is CN(CC1(CO)CCC1)c1cc(Cl)ccc1F. The summed E-state index contributed by atoms with van der Waals surface area (Å²) in [5.74, 6) is -0.274. The lowest BCUT2D eigenvalue weighted by molar-refractivity contribution is 0.0523. The maximum Gasteiger partial charge on any atom is 0.146 e. The third-order valence-corrected chi connectivity index (χ3v) is 3.88. The summed E-state index contributed by atoms with van der Waals surface area (Å²) in [4.78, 5) is 1.84. The average Bonchev–Trinajstić information content (AvgIpc) is 2.26. The third-order valence-electron chi connectivity index (χ3n) is 3.64. The molecule has 0 heterocycles. The predicted octanol–water partition coefficient (Wildman–Crippen LogP) is 3.08. The van der Waals surface area contributed by atoms with Crippen LogP contribution in [0.2, 0.25) is 5.02 Å². The lowest BCUT2D eigenvalue weighted by Gasteiger charge is -2.43. The van der Waals surface area contributed by atoms with Crippen molar-refractivity contribution in [3.63, 3.8) is 0 Å². The van der Waals surface area contributed by atoms with E-state index in [9.17, 15) is 9.50 Å². The van der Waals surface area contributed by atoms with Crippen molar-refractivity contribution in [3.8, 4) is 0 Å². The Morgan fingerprint density at radius 3 is 2.71 bits per heavy atom. The molecule has 0 bridgehead atoms. The summed E-state index contributed by atoms with van der Waals surface area (Å²) < 4.78 is 13.7. The van der Waals surface area contributed by atoms with Gasteiger partial charge in [0.25, 0.3) is 0 Å². The third kappa shape index (κ3) is 2.55. The summed E-state index contributed by atoms with van der Waals surface area (Å²) in [6, 6.07) is 4.54. The van der Waals surface area contributed by atoms with E-state index in [1.54, 1.807) is 12.1 Å². The number of rotatable bonds is 4. The van der Waals surface area contributed by atoms with Gasteiger partial charge in [-0.3, -0.25) is 0 Å². The van der Waals surface area contributed by atoms with Crippen LogP contribution in [0.4, 0.5) is 10.1 Å². The fourth-order valence-corrected chi connectivity index (χ4v) is 2.58. The highest BCUT2D eigenvalue weighted by Gasteiger charge is 2.37. The smallest absolute Gasteiger partial charge is 0.146 e. The second kappa shape index (κ2) is 4.83. The maximum absolute atomic E-state index is 13.7. The molecule has 1 N–H and O–H groups in total. The minimum absolute atomic E-state index is 0.0521. The van der Waals surface area contributed by atoms with E-state index in [0.717, 1.165) is 19.3 Å². The van der Waals surface area contributed by atoms with Crippen LogP contribution in [0.1, 0.15) is 19.3 Å². The summed E-state index contributed by atoms with van der Waals surface area (Å²) in [7, 11) is 1.84. The van der Waals surface area contributed by atoms with Crippen LogP contribution in [0.5, 0.6) is 0 Å². The highest BCUT2D eigenvalue weighted by Crippen LogP contribution is 2.41. The molecule has 1 aliphatic carbocycles. The van der Waals surface area contributed by atoms with Crippen molar-refractivity contribution in [2.24, 2.45) is 5.41 Å². The number of halogens is 2. The van der Waals surface area contributed by atoms with E-state index in [4.69, 9.17) is 11.6 Å². The van der Waals surface area contributed by atoms with Gasteiger partial charge in [0.2, 0.25) is 0 Å². The standard InChI is InChI=1S/C13H17ClFNO/c1-16(8-13(9-17)5-2-6-13)12-7-10(14)3-4-11(12)15/h3-4,7,17H,2,5-6,8-9H2,1H3. The minimum Gasteiger partial charge on any atom is -0.396 e. The van der Waals surface area contributed by atoms with Gasteiger partial charge in [0.1, 0.15) is 5.82 Å². The largest absolute Gasteiger partial charge is 0.396 e. The van der Waals surface area contributed by atoms with Gasteiger partial charge in [-0.05, 0) is 31.0 Å². The van der Waals surface area contributed by atoms with E-state index in [-0.39, 0.29) is 17.8 Å². The summed E-state index contributed by atoms with van der Waals surface area (Å²) >= 11 is 5.87. The van der Waals surface area contributed by atoms with Crippen LogP contribution >= 0.6 is 11.6 Å². The molecule has 0 aliphatic heterocycles. The summed E-state index contributed by atoms with van der Waals surface area (Å²) in [5, 5.41) is 9.94. The normalized spacial score (nSPS) is 17.6. The highest BCUT2D eigenvalue weighted by molar-refractivity contribution is 6.30. The first-order chi connectivity index (χ1) is 8.06. The van der Waals surface area contributed by atoms with Gasteiger partial charge in [0.05, 0.1) is 12.3 Å². The molecule has 0 atom stereocenters. The first-order valence-electron chi connectivity index (χ1n) is 5.83. The zero-order valence-electron chi connectivity index (χ0n) is 9.92. The molecule has 1 aromatic carbocycles. The number of hydrogen-bond donors (Lipinski definition) is 1. The Morgan fingerprint density at radius 1 is 1.47 bits per heavy atom. The zero-order chi connectivity index (χ0) is 12.5. The molecule has 94 valence electrons. The number of aliphatic hydroxyl groups is 1. The molecule has 1 saturated carbocycles. The van der Waals surface area contributed by atoms with Crippen molar-refractivity contribution in [2.75, 3.05) is 25.1 Å². The quantitative estimate of drug-likeness (QED) is 0.896. The van der Waals surface area contributed by atoms with Crippen molar-refractivity contribution in [1.29, 1.82) is 0 Å². The van der Waals surface area contributed by atoms with E-state index in [0.29, 0.717) is 17.3 Å². The molecule has 4 heteroatoms. The molecule has 1 aliphatic rings. The van der Waals surface area contributed by atoms with Gasteiger partial charge in [-0.1, -0.05) is 18.0 Å².